The van der Waals surface area contributed by atoms with Gasteiger partial charge < -0.3 is 5.73 Å². The third-order valence-corrected chi connectivity index (χ3v) is 5.87. The van der Waals surface area contributed by atoms with Gasteiger partial charge in [-0.2, -0.15) is 0 Å². The van der Waals surface area contributed by atoms with Crippen molar-refractivity contribution in [3.63, 3.8) is 0 Å². The molecule has 2 rings (SSSR count). The Balaban J connectivity index is 2.34. The maximum absolute atomic E-state index is 6.22. The molecule has 2 aromatic rings. The van der Waals surface area contributed by atoms with E-state index in [9.17, 15) is 0 Å². The molecule has 0 saturated carbocycles. The lowest BCUT2D eigenvalue weighted by Crippen LogP contribution is -2.09. The Morgan fingerprint density at radius 2 is 1.94 bits per heavy atom. The van der Waals surface area contributed by atoms with Gasteiger partial charge in [0.25, 0.3) is 0 Å². The van der Waals surface area contributed by atoms with Crippen LogP contribution in [-0.4, -0.2) is 4.98 Å². The van der Waals surface area contributed by atoms with E-state index in [1.54, 1.807) is 22.7 Å². The summed E-state index contributed by atoms with van der Waals surface area (Å²) in [5, 5.41) is 1.00. The van der Waals surface area contributed by atoms with Crippen molar-refractivity contribution in [2.45, 2.75) is 26.8 Å². The average molecular weight is 317 g/mol. The summed E-state index contributed by atoms with van der Waals surface area (Å²) in [6.07, 6.45) is 0. The Morgan fingerprint density at radius 1 is 1.25 bits per heavy atom. The van der Waals surface area contributed by atoms with Crippen LogP contribution in [-0.2, 0) is 0 Å². The fraction of sp³-hybridized carbons (Fsp3) is 0.364. The zero-order valence-corrected chi connectivity index (χ0v) is 12.6. The quantitative estimate of drug-likeness (QED) is 0.911. The topological polar surface area (TPSA) is 38.9 Å². The van der Waals surface area contributed by atoms with Crippen molar-refractivity contribution in [3.8, 4) is 0 Å². The van der Waals surface area contributed by atoms with E-state index in [1.165, 1.54) is 9.75 Å². The van der Waals surface area contributed by atoms with Gasteiger partial charge in [0.15, 0.2) is 0 Å². The number of nitrogens with zero attached hydrogens (tertiary/aromatic N) is 1. The van der Waals surface area contributed by atoms with E-state index in [-0.39, 0.29) is 6.04 Å². The van der Waals surface area contributed by atoms with Crippen molar-refractivity contribution in [2.24, 2.45) is 5.73 Å². The lowest BCUT2D eigenvalue weighted by Gasteiger charge is -2.04. The minimum atomic E-state index is -0.0904. The van der Waals surface area contributed by atoms with Crippen molar-refractivity contribution >= 4 is 38.6 Å². The minimum absolute atomic E-state index is 0.0904. The summed E-state index contributed by atoms with van der Waals surface area (Å²) in [6, 6.07) is 2.00. The number of hydrogen-bond donors (Lipinski definition) is 1. The van der Waals surface area contributed by atoms with Gasteiger partial charge in [-0.1, -0.05) is 0 Å². The van der Waals surface area contributed by atoms with E-state index in [1.807, 2.05) is 6.92 Å². The number of aromatic nitrogens is 1. The van der Waals surface area contributed by atoms with E-state index in [4.69, 9.17) is 5.73 Å². The van der Waals surface area contributed by atoms with E-state index in [0.717, 1.165) is 20.1 Å². The molecule has 2 heterocycles. The summed E-state index contributed by atoms with van der Waals surface area (Å²) in [5.74, 6) is 0. The van der Waals surface area contributed by atoms with Crippen LogP contribution in [0.2, 0.25) is 0 Å². The molecule has 0 spiro atoms. The number of hydrogen-bond acceptors (Lipinski definition) is 4. The molecular formula is C11H13BrN2S2. The summed E-state index contributed by atoms with van der Waals surface area (Å²) in [6.45, 7) is 6.19. The van der Waals surface area contributed by atoms with Crippen molar-refractivity contribution in [2.75, 3.05) is 0 Å². The second-order valence-electron chi connectivity index (χ2n) is 3.72. The van der Waals surface area contributed by atoms with Crippen LogP contribution in [0.15, 0.2) is 10.5 Å². The lowest BCUT2D eigenvalue weighted by atomic mass is 10.2. The van der Waals surface area contributed by atoms with Crippen molar-refractivity contribution in [1.29, 1.82) is 0 Å². The average Bonchev–Trinajstić information content (AvgIpc) is 2.72. The van der Waals surface area contributed by atoms with Crippen LogP contribution < -0.4 is 5.73 Å². The predicted octanol–water partition coefficient (Wildman–Crippen LogP) is 3.94. The Kier molecular flexibility index (Phi) is 3.49. The molecule has 0 aliphatic carbocycles. The van der Waals surface area contributed by atoms with Gasteiger partial charge >= 0.3 is 0 Å². The zero-order chi connectivity index (χ0) is 11.9. The van der Waals surface area contributed by atoms with Crippen molar-refractivity contribution in [3.05, 3.63) is 35.9 Å². The van der Waals surface area contributed by atoms with Crippen LogP contribution in [0.3, 0.4) is 0 Å². The van der Waals surface area contributed by atoms with Crippen LogP contribution in [0.4, 0.5) is 0 Å². The second kappa shape index (κ2) is 4.56. The van der Waals surface area contributed by atoms with Crippen LogP contribution in [0.5, 0.6) is 0 Å². The highest BCUT2D eigenvalue weighted by Gasteiger charge is 2.17. The molecular weight excluding hydrogens is 304 g/mol. The number of thiazole rings is 1. The molecule has 1 atom stereocenters. The van der Waals surface area contributed by atoms with Crippen molar-refractivity contribution < 1.29 is 0 Å². The first-order chi connectivity index (χ1) is 7.49. The molecule has 16 heavy (non-hydrogen) atoms. The lowest BCUT2D eigenvalue weighted by molar-refractivity contribution is 0.871. The molecule has 1 unspecified atom stereocenters. The molecule has 2 nitrogen and oxygen atoms in total. The molecule has 0 radical (unpaired) electrons. The molecule has 0 aliphatic rings. The largest absolute Gasteiger partial charge is 0.318 e. The monoisotopic (exact) mass is 316 g/mol. The van der Waals surface area contributed by atoms with Crippen LogP contribution in [0, 0.1) is 20.8 Å². The first kappa shape index (κ1) is 12.2. The summed E-state index contributed by atoms with van der Waals surface area (Å²) in [7, 11) is 0. The van der Waals surface area contributed by atoms with Crippen LogP contribution in [0.25, 0.3) is 0 Å². The van der Waals surface area contributed by atoms with Crippen LogP contribution in [0.1, 0.15) is 31.4 Å². The molecule has 2 N–H and O–H groups in total. The number of thiophene rings is 1. The van der Waals surface area contributed by atoms with Gasteiger partial charge in [0.2, 0.25) is 0 Å². The molecule has 0 bridgehead atoms. The summed E-state index contributed by atoms with van der Waals surface area (Å²) < 4.78 is 1.13. The smallest absolute Gasteiger partial charge is 0.115 e. The minimum Gasteiger partial charge on any atom is -0.318 e. The van der Waals surface area contributed by atoms with Gasteiger partial charge in [-0.25, -0.2) is 4.98 Å². The highest BCUT2D eigenvalue weighted by atomic mass is 79.9. The summed E-state index contributed by atoms with van der Waals surface area (Å²) in [4.78, 5) is 8.18. The molecule has 0 amide bonds. The Bertz CT molecular complexity index is 431. The maximum atomic E-state index is 6.22. The number of rotatable bonds is 2. The third-order valence-electron chi connectivity index (χ3n) is 2.49. The van der Waals surface area contributed by atoms with Gasteiger partial charge in [0.05, 0.1) is 11.7 Å². The Morgan fingerprint density at radius 3 is 2.38 bits per heavy atom. The standard InChI is InChI=1S/C11H13BrN2S2/c1-5-6(2)16-11(14-5)10(13)9-4-8(12)7(3)15-9/h4,10H,13H2,1-3H3. The maximum Gasteiger partial charge on any atom is 0.115 e. The van der Waals surface area contributed by atoms with Gasteiger partial charge in [-0.05, 0) is 42.8 Å². The molecule has 0 saturated heterocycles. The molecule has 0 aromatic carbocycles. The van der Waals surface area contributed by atoms with E-state index in [0.29, 0.717) is 0 Å². The Hall–Kier alpha value is -0.230. The Labute approximate surface area is 112 Å². The van der Waals surface area contributed by atoms with Gasteiger partial charge in [0, 0.05) is 19.1 Å². The highest BCUT2D eigenvalue weighted by Crippen LogP contribution is 2.34. The van der Waals surface area contributed by atoms with Gasteiger partial charge in [-0.3, -0.25) is 0 Å². The summed E-state index contributed by atoms with van der Waals surface area (Å²) in [5.41, 5.74) is 7.30. The van der Waals surface area contributed by atoms with E-state index in [2.05, 4.69) is 40.8 Å². The SMILES string of the molecule is Cc1nc(C(N)c2cc(Br)c(C)s2)sc1C. The molecule has 2 aromatic heterocycles. The number of nitrogens with two attached hydrogens (primary N) is 1. The number of aryl methyl sites for hydroxylation is 3. The predicted molar refractivity (Wildman–Crippen MR) is 74.4 cm³/mol. The normalized spacial score (nSPS) is 13.1. The van der Waals surface area contributed by atoms with E-state index < -0.39 is 0 Å². The van der Waals surface area contributed by atoms with Crippen LogP contribution >= 0.6 is 38.6 Å². The first-order valence-corrected chi connectivity index (χ1v) is 7.37. The first-order valence-electron chi connectivity index (χ1n) is 4.94. The number of halogens is 1. The molecule has 86 valence electrons. The van der Waals surface area contributed by atoms with Gasteiger partial charge in [0.1, 0.15) is 5.01 Å². The fourth-order valence-corrected chi connectivity index (χ4v) is 3.97. The molecule has 0 fully saturated rings. The fourth-order valence-electron chi connectivity index (χ4n) is 1.39. The summed E-state index contributed by atoms with van der Waals surface area (Å²) >= 11 is 6.93. The molecule has 0 aliphatic heterocycles. The molecule has 5 heteroatoms. The second-order valence-corrected chi connectivity index (χ2v) is 7.10. The third kappa shape index (κ3) is 2.22. The highest BCUT2D eigenvalue weighted by molar-refractivity contribution is 9.10. The van der Waals surface area contributed by atoms with E-state index >= 15 is 0 Å². The zero-order valence-electron chi connectivity index (χ0n) is 9.37. The van der Waals surface area contributed by atoms with Gasteiger partial charge in [-0.15, -0.1) is 22.7 Å². The van der Waals surface area contributed by atoms with Crippen molar-refractivity contribution in [1.82, 2.24) is 4.98 Å².